The number of anilines is 2. The molecule has 8 nitrogen and oxygen atoms in total. The average molecular weight is 709 g/mol. The standard InChI is InChI=1S/C33H37IN4O4Si/c1-22-31(43(3,4)27-13-11-26(41-2)12-14-27)30(16-18-37-21-24(17-19-39)35-36-37)42-33(22)28-20-23(34)10-15-29(28)38(32(33)40)25-8-6-5-7-9-25/h5-15,20-22,30-31,39H,16-19H2,1-4H3/t22-,30+,31-,33+/m0/s1. The lowest BCUT2D eigenvalue weighted by Crippen LogP contribution is -2.51. The summed E-state index contributed by atoms with van der Waals surface area (Å²) in [5.41, 5.74) is 2.45. The van der Waals surface area contributed by atoms with Gasteiger partial charge in [0.2, 0.25) is 0 Å². The molecular formula is C33H37IN4O4Si. The highest BCUT2D eigenvalue weighted by atomic mass is 127. The van der Waals surface area contributed by atoms with Gasteiger partial charge in [0, 0.05) is 46.5 Å². The Labute approximate surface area is 267 Å². The fourth-order valence-corrected chi connectivity index (χ4v) is 11.8. The van der Waals surface area contributed by atoms with E-state index >= 15 is 0 Å². The van der Waals surface area contributed by atoms with E-state index in [0.717, 1.165) is 32.0 Å². The van der Waals surface area contributed by atoms with Crippen LogP contribution in [0.4, 0.5) is 11.4 Å². The Balaban J connectivity index is 1.44. The van der Waals surface area contributed by atoms with Crippen LogP contribution in [0.1, 0.15) is 24.6 Å². The zero-order valence-corrected chi connectivity index (χ0v) is 28.1. The molecule has 43 heavy (non-hydrogen) atoms. The quantitative estimate of drug-likeness (QED) is 0.185. The number of benzene rings is 3. The Morgan fingerprint density at radius 3 is 2.53 bits per heavy atom. The van der Waals surface area contributed by atoms with Crippen LogP contribution in [0.2, 0.25) is 18.6 Å². The van der Waals surface area contributed by atoms with Crippen LogP contribution in [0.5, 0.6) is 5.75 Å². The highest BCUT2D eigenvalue weighted by Crippen LogP contribution is 2.61. The number of ether oxygens (including phenoxy) is 2. The highest BCUT2D eigenvalue weighted by molar-refractivity contribution is 14.1. The molecule has 1 amide bonds. The van der Waals surface area contributed by atoms with Gasteiger partial charge in [-0.25, -0.2) is 0 Å². The predicted molar refractivity (Wildman–Crippen MR) is 178 cm³/mol. The molecule has 1 spiro atoms. The van der Waals surface area contributed by atoms with Crippen LogP contribution in [0, 0.1) is 9.49 Å². The molecule has 4 aromatic rings. The first-order valence-corrected chi connectivity index (χ1v) is 18.9. The second-order valence-corrected chi connectivity index (χ2v) is 18.0. The molecule has 0 saturated carbocycles. The summed E-state index contributed by atoms with van der Waals surface area (Å²) in [4.78, 5) is 16.7. The molecule has 1 aromatic heterocycles. The first-order chi connectivity index (χ1) is 20.7. The van der Waals surface area contributed by atoms with Crippen molar-refractivity contribution in [2.45, 2.75) is 56.7 Å². The van der Waals surface area contributed by atoms with Crippen LogP contribution in [0.3, 0.4) is 0 Å². The molecule has 3 aromatic carbocycles. The fourth-order valence-electron chi connectivity index (χ4n) is 7.25. The zero-order chi connectivity index (χ0) is 30.4. The third-order valence-corrected chi connectivity index (χ3v) is 14.3. The molecule has 10 heteroatoms. The van der Waals surface area contributed by atoms with E-state index in [1.165, 1.54) is 5.19 Å². The van der Waals surface area contributed by atoms with Crippen LogP contribution in [0.15, 0.2) is 79.0 Å². The summed E-state index contributed by atoms with van der Waals surface area (Å²) in [6.07, 6.45) is 2.86. The Hall–Kier alpha value is -3.06. The molecule has 1 fully saturated rings. The minimum atomic E-state index is -2.24. The molecule has 0 radical (unpaired) electrons. The lowest BCUT2D eigenvalue weighted by molar-refractivity contribution is -0.145. The number of aliphatic hydroxyl groups excluding tert-OH is 1. The van der Waals surface area contributed by atoms with E-state index < -0.39 is 13.7 Å². The SMILES string of the molecule is COc1ccc([Si](C)(C)[C@@H]2[C@@H](CCn3cc(CCO)nn3)O[C@]3(C(=O)N(c4ccccc4)c4ccc(I)cc43)[C@H]2C)cc1. The van der Waals surface area contributed by atoms with E-state index in [1.54, 1.807) is 7.11 Å². The fraction of sp³-hybridized carbons (Fsp3) is 0.364. The Kier molecular flexibility index (Phi) is 8.22. The summed E-state index contributed by atoms with van der Waals surface area (Å²) in [6, 6.07) is 24.5. The smallest absolute Gasteiger partial charge is 0.268 e. The number of fused-ring (bicyclic) bond motifs is 2. The maximum Gasteiger partial charge on any atom is 0.268 e. The molecular weight excluding hydrogens is 671 g/mol. The van der Waals surface area contributed by atoms with Crippen LogP contribution in [-0.2, 0) is 28.1 Å². The largest absolute Gasteiger partial charge is 0.497 e. The second-order valence-electron chi connectivity index (χ2n) is 12.0. The van der Waals surface area contributed by atoms with Crippen molar-refractivity contribution in [2.75, 3.05) is 18.6 Å². The molecule has 2 aliphatic heterocycles. The number of methoxy groups -OCH3 is 1. The number of halogens is 1. The molecule has 1 N–H and O–H groups in total. The van der Waals surface area contributed by atoms with Crippen molar-refractivity contribution in [3.8, 4) is 5.75 Å². The van der Waals surface area contributed by atoms with Crippen molar-refractivity contribution in [2.24, 2.45) is 5.92 Å². The lowest BCUT2D eigenvalue weighted by Gasteiger charge is -2.37. The van der Waals surface area contributed by atoms with Crippen molar-refractivity contribution >= 4 is 53.1 Å². The van der Waals surface area contributed by atoms with Gasteiger partial charge in [0.05, 0.1) is 32.7 Å². The number of aromatic nitrogens is 3. The zero-order valence-electron chi connectivity index (χ0n) is 24.9. The van der Waals surface area contributed by atoms with Crippen molar-refractivity contribution in [1.29, 1.82) is 0 Å². The first-order valence-electron chi connectivity index (χ1n) is 14.7. The molecule has 0 unspecified atom stereocenters. The van der Waals surface area contributed by atoms with E-state index in [0.29, 0.717) is 19.4 Å². The van der Waals surface area contributed by atoms with Crippen LogP contribution in [-0.4, -0.2) is 53.9 Å². The monoisotopic (exact) mass is 708 g/mol. The van der Waals surface area contributed by atoms with Crippen molar-refractivity contribution in [3.63, 3.8) is 0 Å². The van der Waals surface area contributed by atoms with Gasteiger partial charge in [0.25, 0.3) is 5.91 Å². The number of rotatable bonds is 9. The number of hydrogen-bond acceptors (Lipinski definition) is 6. The Morgan fingerprint density at radius 1 is 1.09 bits per heavy atom. The molecule has 0 aliphatic carbocycles. The summed E-state index contributed by atoms with van der Waals surface area (Å²) >= 11 is 2.33. The van der Waals surface area contributed by atoms with E-state index in [9.17, 15) is 9.90 Å². The topological polar surface area (TPSA) is 89.7 Å². The molecule has 3 heterocycles. The van der Waals surface area contributed by atoms with Crippen LogP contribution < -0.4 is 14.8 Å². The van der Waals surface area contributed by atoms with Crippen LogP contribution >= 0.6 is 22.6 Å². The average Bonchev–Trinajstić information content (AvgIpc) is 3.66. The van der Waals surface area contributed by atoms with Gasteiger partial charge in [-0.3, -0.25) is 14.4 Å². The number of hydrogen-bond donors (Lipinski definition) is 1. The molecule has 2 aliphatic rings. The summed E-state index contributed by atoms with van der Waals surface area (Å²) in [6.45, 7) is 7.64. The van der Waals surface area contributed by atoms with E-state index in [-0.39, 0.29) is 30.1 Å². The predicted octanol–water partition coefficient (Wildman–Crippen LogP) is 5.41. The van der Waals surface area contributed by atoms with Crippen LogP contribution in [0.25, 0.3) is 0 Å². The van der Waals surface area contributed by atoms with Gasteiger partial charge in [-0.2, -0.15) is 0 Å². The van der Waals surface area contributed by atoms with E-state index in [4.69, 9.17) is 9.47 Å². The lowest BCUT2D eigenvalue weighted by atomic mass is 9.82. The third kappa shape index (κ3) is 5.11. The molecule has 0 bridgehead atoms. The Morgan fingerprint density at radius 2 is 1.84 bits per heavy atom. The van der Waals surface area contributed by atoms with E-state index in [2.05, 4.69) is 83.3 Å². The van der Waals surface area contributed by atoms with Gasteiger partial charge < -0.3 is 14.6 Å². The number of nitrogens with zero attached hydrogens (tertiary/aromatic N) is 4. The highest BCUT2D eigenvalue weighted by Gasteiger charge is 2.66. The summed E-state index contributed by atoms with van der Waals surface area (Å²) < 4.78 is 15.6. The second kappa shape index (κ2) is 11.8. The summed E-state index contributed by atoms with van der Waals surface area (Å²) in [7, 11) is -0.561. The third-order valence-electron chi connectivity index (χ3n) is 9.32. The number of carbonyl (C=O) groups is 1. The van der Waals surface area contributed by atoms with Gasteiger partial charge in [0.15, 0.2) is 5.60 Å². The van der Waals surface area contributed by atoms with Gasteiger partial charge in [-0.05, 0) is 77.0 Å². The normalized spacial score (nSPS) is 23.3. The van der Waals surface area contributed by atoms with Gasteiger partial charge in [-0.1, -0.05) is 60.7 Å². The molecule has 1 saturated heterocycles. The minimum absolute atomic E-state index is 0.0266. The molecule has 224 valence electrons. The summed E-state index contributed by atoms with van der Waals surface area (Å²) in [5, 5.41) is 19.2. The molecule has 4 atom stereocenters. The maximum atomic E-state index is 14.8. The van der Waals surface area contributed by atoms with Gasteiger partial charge >= 0.3 is 0 Å². The maximum absolute atomic E-state index is 14.8. The number of para-hydroxylation sites is 1. The van der Waals surface area contributed by atoms with Crippen molar-refractivity contribution < 1.29 is 19.4 Å². The first kappa shape index (κ1) is 30.0. The Bertz CT molecular complexity index is 1610. The van der Waals surface area contributed by atoms with Gasteiger partial charge in [0.1, 0.15) is 5.75 Å². The number of carbonyl (C=O) groups excluding carboxylic acids is 1. The number of aliphatic hydroxyl groups is 1. The van der Waals surface area contributed by atoms with Crippen molar-refractivity contribution in [1.82, 2.24) is 15.0 Å². The van der Waals surface area contributed by atoms with Crippen molar-refractivity contribution in [3.05, 3.63) is 93.8 Å². The number of aryl methyl sites for hydroxylation is 1. The minimum Gasteiger partial charge on any atom is -0.497 e. The summed E-state index contributed by atoms with van der Waals surface area (Å²) in [5.74, 6) is 0.719. The van der Waals surface area contributed by atoms with E-state index in [1.807, 2.05) is 58.2 Å². The molecule has 6 rings (SSSR count). The van der Waals surface area contributed by atoms with Gasteiger partial charge in [-0.15, -0.1) is 5.10 Å². The number of amides is 1.